The van der Waals surface area contributed by atoms with E-state index in [-0.39, 0.29) is 18.2 Å². The van der Waals surface area contributed by atoms with Gasteiger partial charge in [0.1, 0.15) is 5.75 Å². The second-order valence-electron chi connectivity index (χ2n) is 4.53. The lowest BCUT2D eigenvalue weighted by molar-refractivity contribution is 0.0950. The molecule has 0 saturated heterocycles. The van der Waals surface area contributed by atoms with E-state index in [0.717, 1.165) is 10.0 Å². The maximum absolute atomic E-state index is 12.1. The van der Waals surface area contributed by atoms with Crippen LogP contribution in [0.25, 0.3) is 0 Å². The van der Waals surface area contributed by atoms with Gasteiger partial charge in [-0.25, -0.2) is 0 Å². The van der Waals surface area contributed by atoms with Gasteiger partial charge in [0.15, 0.2) is 0 Å². The molecule has 0 aromatic heterocycles. The van der Waals surface area contributed by atoms with Gasteiger partial charge in [0.2, 0.25) is 0 Å². The minimum Gasteiger partial charge on any atom is -0.508 e. The van der Waals surface area contributed by atoms with E-state index in [4.69, 9.17) is 5.73 Å². The van der Waals surface area contributed by atoms with E-state index in [2.05, 4.69) is 21.2 Å². The number of hydrogen-bond acceptors (Lipinski definition) is 3. The second kappa shape index (κ2) is 5.96. The summed E-state index contributed by atoms with van der Waals surface area (Å²) >= 11 is 3.36. The number of nitrogens with two attached hydrogens (primary N) is 1. The van der Waals surface area contributed by atoms with Crippen LogP contribution >= 0.6 is 15.9 Å². The molecular weight excluding hydrogens is 320 g/mol. The zero-order valence-electron chi connectivity index (χ0n) is 11.0. The summed E-state index contributed by atoms with van der Waals surface area (Å²) in [4.78, 5) is 12.1. The normalized spacial score (nSPS) is 10.3. The van der Waals surface area contributed by atoms with Gasteiger partial charge < -0.3 is 16.2 Å². The summed E-state index contributed by atoms with van der Waals surface area (Å²) in [6, 6.07) is 10.2. The standard InChI is InChI=1S/C15H15BrN2O2/c1-9-6-11(16)2-4-13(9)15(20)18-8-10-7-12(17)3-5-14(10)19/h2-7,19H,8,17H2,1H3,(H,18,20). The third-order valence-electron chi connectivity index (χ3n) is 2.98. The maximum atomic E-state index is 12.1. The van der Waals surface area contributed by atoms with Crippen LogP contribution in [0.1, 0.15) is 21.5 Å². The van der Waals surface area contributed by atoms with Crippen LogP contribution < -0.4 is 11.1 Å². The van der Waals surface area contributed by atoms with Crippen LogP contribution in [-0.2, 0) is 6.54 Å². The molecule has 20 heavy (non-hydrogen) atoms. The van der Waals surface area contributed by atoms with E-state index in [0.29, 0.717) is 16.8 Å². The molecule has 2 aromatic carbocycles. The molecule has 0 heterocycles. The van der Waals surface area contributed by atoms with Gasteiger partial charge in [-0.2, -0.15) is 0 Å². The number of aryl methyl sites for hydroxylation is 1. The van der Waals surface area contributed by atoms with Crippen LogP contribution in [0.5, 0.6) is 5.75 Å². The fourth-order valence-corrected chi connectivity index (χ4v) is 2.38. The summed E-state index contributed by atoms with van der Waals surface area (Å²) in [5.74, 6) is -0.0659. The number of rotatable bonds is 3. The molecule has 1 amide bonds. The molecule has 0 spiro atoms. The monoisotopic (exact) mass is 334 g/mol. The molecule has 2 rings (SSSR count). The molecule has 0 aliphatic heterocycles. The summed E-state index contributed by atoms with van der Waals surface area (Å²) in [6.07, 6.45) is 0. The Hall–Kier alpha value is -2.01. The lowest BCUT2D eigenvalue weighted by atomic mass is 10.1. The van der Waals surface area contributed by atoms with Crippen molar-refractivity contribution < 1.29 is 9.90 Å². The number of hydrogen-bond donors (Lipinski definition) is 3. The van der Waals surface area contributed by atoms with E-state index in [1.54, 1.807) is 18.2 Å². The second-order valence-corrected chi connectivity index (χ2v) is 5.45. The van der Waals surface area contributed by atoms with E-state index in [1.807, 2.05) is 19.1 Å². The van der Waals surface area contributed by atoms with Crippen molar-refractivity contribution in [1.82, 2.24) is 5.32 Å². The highest BCUT2D eigenvalue weighted by atomic mass is 79.9. The number of nitrogen functional groups attached to an aromatic ring is 1. The minimum absolute atomic E-state index is 0.118. The number of phenolic OH excluding ortho intramolecular Hbond substituents is 1. The van der Waals surface area contributed by atoms with E-state index >= 15 is 0 Å². The average Bonchev–Trinajstić information content (AvgIpc) is 2.39. The molecule has 4 N–H and O–H groups in total. The zero-order valence-corrected chi connectivity index (χ0v) is 12.6. The van der Waals surface area contributed by atoms with Crippen molar-refractivity contribution in [3.05, 3.63) is 57.6 Å². The van der Waals surface area contributed by atoms with Gasteiger partial charge in [0, 0.05) is 27.8 Å². The maximum Gasteiger partial charge on any atom is 0.251 e. The predicted octanol–water partition coefficient (Wildman–Crippen LogP) is 2.98. The molecule has 104 valence electrons. The first-order valence-electron chi connectivity index (χ1n) is 6.09. The molecule has 0 saturated carbocycles. The van der Waals surface area contributed by atoms with Crippen molar-refractivity contribution in [3.63, 3.8) is 0 Å². The number of halogens is 1. The molecule has 0 atom stereocenters. The SMILES string of the molecule is Cc1cc(Br)ccc1C(=O)NCc1cc(N)ccc1O. The van der Waals surface area contributed by atoms with Crippen LogP contribution in [0.15, 0.2) is 40.9 Å². The Kier molecular flexibility index (Phi) is 4.29. The Balaban J connectivity index is 2.10. The van der Waals surface area contributed by atoms with Crippen molar-refractivity contribution in [2.24, 2.45) is 0 Å². The molecule has 0 fully saturated rings. The summed E-state index contributed by atoms with van der Waals surface area (Å²) < 4.78 is 0.931. The van der Waals surface area contributed by atoms with E-state index in [1.165, 1.54) is 6.07 Å². The first-order valence-corrected chi connectivity index (χ1v) is 6.88. The molecular formula is C15H15BrN2O2. The fourth-order valence-electron chi connectivity index (χ4n) is 1.90. The number of benzene rings is 2. The van der Waals surface area contributed by atoms with Gasteiger partial charge in [0.05, 0.1) is 0 Å². The summed E-state index contributed by atoms with van der Waals surface area (Å²) in [5.41, 5.74) is 8.29. The summed E-state index contributed by atoms with van der Waals surface area (Å²) in [5, 5.41) is 12.5. The molecule has 4 nitrogen and oxygen atoms in total. The number of carbonyl (C=O) groups is 1. The smallest absolute Gasteiger partial charge is 0.251 e. The largest absolute Gasteiger partial charge is 0.508 e. The third-order valence-corrected chi connectivity index (χ3v) is 3.47. The number of nitrogens with one attached hydrogen (secondary N) is 1. The highest BCUT2D eigenvalue weighted by molar-refractivity contribution is 9.10. The minimum atomic E-state index is -0.183. The van der Waals surface area contributed by atoms with E-state index in [9.17, 15) is 9.90 Å². The number of amides is 1. The van der Waals surface area contributed by atoms with Crippen molar-refractivity contribution in [2.75, 3.05) is 5.73 Å². The van der Waals surface area contributed by atoms with Gasteiger partial charge in [-0.1, -0.05) is 15.9 Å². The van der Waals surface area contributed by atoms with E-state index < -0.39 is 0 Å². The molecule has 5 heteroatoms. The first-order chi connectivity index (χ1) is 9.47. The van der Waals surface area contributed by atoms with Crippen LogP contribution in [0.3, 0.4) is 0 Å². The Bertz CT molecular complexity index is 656. The molecule has 0 aliphatic carbocycles. The van der Waals surface area contributed by atoms with Crippen LogP contribution in [0.2, 0.25) is 0 Å². The number of aromatic hydroxyl groups is 1. The Morgan fingerprint density at radius 1 is 1.30 bits per heavy atom. The Morgan fingerprint density at radius 2 is 2.05 bits per heavy atom. The number of carbonyl (C=O) groups excluding carboxylic acids is 1. The molecule has 0 aliphatic rings. The van der Waals surface area contributed by atoms with Crippen LogP contribution in [0, 0.1) is 6.92 Å². The lowest BCUT2D eigenvalue weighted by Gasteiger charge is -2.10. The first kappa shape index (κ1) is 14.4. The number of anilines is 1. The van der Waals surface area contributed by atoms with Gasteiger partial charge in [-0.15, -0.1) is 0 Å². The molecule has 0 bridgehead atoms. The Morgan fingerprint density at radius 3 is 2.75 bits per heavy atom. The summed E-state index contributed by atoms with van der Waals surface area (Å²) in [7, 11) is 0. The van der Waals surface area contributed by atoms with Crippen LogP contribution in [0.4, 0.5) is 5.69 Å². The highest BCUT2D eigenvalue weighted by Crippen LogP contribution is 2.20. The molecule has 0 unspecified atom stereocenters. The highest BCUT2D eigenvalue weighted by Gasteiger charge is 2.10. The molecule has 2 aromatic rings. The Labute approximate surface area is 125 Å². The van der Waals surface area contributed by atoms with Crippen molar-refractivity contribution >= 4 is 27.5 Å². The zero-order chi connectivity index (χ0) is 14.7. The predicted molar refractivity (Wildman–Crippen MR) is 82.6 cm³/mol. The van der Waals surface area contributed by atoms with Crippen molar-refractivity contribution in [3.8, 4) is 5.75 Å². The average molecular weight is 335 g/mol. The summed E-state index contributed by atoms with van der Waals surface area (Å²) in [6.45, 7) is 2.10. The third kappa shape index (κ3) is 3.30. The topological polar surface area (TPSA) is 75.4 Å². The van der Waals surface area contributed by atoms with Crippen molar-refractivity contribution in [1.29, 1.82) is 0 Å². The van der Waals surface area contributed by atoms with Gasteiger partial charge >= 0.3 is 0 Å². The van der Waals surface area contributed by atoms with Gasteiger partial charge in [-0.3, -0.25) is 4.79 Å². The number of phenols is 1. The van der Waals surface area contributed by atoms with Gasteiger partial charge in [-0.05, 0) is 48.9 Å². The molecule has 0 radical (unpaired) electrons. The quantitative estimate of drug-likeness (QED) is 0.596. The fraction of sp³-hybridized carbons (Fsp3) is 0.133. The van der Waals surface area contributed by atoms with Gasteiger partial charge in [0.25, 0.3) is 5.91 Å². The van der Waals surface area contributed by atoms with Crippen molar-refractivity contribution in [2.45, 2.75) is 13.5 Å². The lowest BCUT2D eigenvalue weighted by Crippen LogP contribution is -2.23. The van der Waals surface area contributed by atoms with Crippen LogP contribution in [-0.4, -0.2) is 11.0 Å².